The molecule has 0 radical (unpaired) electrons. The van der Waals surface area contributed by atoms with Crippen molar-refractivity contribution in [1.82, 2.24) is 9.97 Å². The van der Waals surface area contributed by atoms with Gasteiger partial charge in [0.2, 0.25) is 0 Å². The summed E-state index contributed by atoms with van der Waals surface area (Å²) in [5.41, 5.74) is 1.17. The number of pyridine rings is 2. The van der Waals surface area contributed by atoms with E-state index in [1.807, 2.05) is 0 Å². The highest BCUT2D eigenvalue weighted by atomic mass is 79.9. The SMILES string of the molecule is O=C(Nc1ccc(Br)nc1)c1cccnc1. The van der Waals surface area contributed by atoms with Gasteiger partial charge in [0, 0.05) is 12.4 Å². The summed E-state index contributed by atoms with van der Waals surface area (Å²) in [5, 5.41) is 2.72. The van der Waals surface area contributed by atoms with Crippen molar-refractivity contribution >= 4 is 27.5 Å². The molecule has 16 heavy (non-hydrogen) atoms. The molecule has 0 aliphatic rings. The maximum absolute atomic E-state index is 11.7. The second-order valence-electron chi connectivity index (χ2n) is 3.07. The minimum absolute atomic E-state index is 0.197. The van der Waals surface area contributed by atoms with E-state index in [2.05, 4.69) is 31.2 Å². The molecule has 0 fully saturated rings. The standard InChI is InChI=1S/C11H8BrN3O/c12-10-4-3-9(7-14-10)15-11(16)8-2-1-5-13-6-8/h1-7H,(H,15,16). The number of halogens is 1. The molecule has 2 aromatic heterocycles. The van der Waals surface area contributed by atoms with Crippen LogP contribution < -0.4 is 5.32 Å². The minimum Gasteiger partial charge on any atom is -0.321 e. The Morgan fingerprint density at radius 2 is 2.12 bits per heavy atom. The van der Waals surface area contributed by atoms with Crippen LogP contribution in [-0.2, 0) is 0 Å². The van der Waals surface area contributed by atoms with Crippen LogP contribution >= 0.6 is 15.9 Å². The lowest BCUT2D eigenvalue weighted by atomic mass is 10.2. The van der Waals surface area contributed by atoms with E-state index in [0.29, 0.717) is 11.3 Å². The summed E-state index contributed by atoms with van der Waals surface area (Å²) < 4.78 is 0.729. The third-order valence-corrected chi connectivity index (χ3v) is 2.38. The van der Waals surface area contributed by atoms with Gasteiger partial charge in [-0.25, -0.2) is 4.98 Å². The van der Waals surface area contributed by atoms with Gasteiger partial charge >= 0.3 is 0 Å². The maximum Gasteiger partial charge on any atom is 0.257 e. The molecule has 0 saturated carbocycles. The predicted octanol–water partition coefficient (Wildman–Crippen LogP) is 2.49. The first-order valence-corrected chi connectivity index (χ1v) is 5.38. The zero-order chi connectivity index (χ0) is 11.4. The summed E-state index contributed by atoms with van der Waals surface area (Å²) in [6.45, 7) is 0. The van der Waals surface area contributed by atoms with E-state index in [1.54, 1.807) is 36.7 Å². The number of nitrogens with zero attached hydrogens (tertiary/aromatic N) is 2. The number of carbonyl (C=O) groups excluding carboxylic acids is 1. The first-order valence-electron chi connectivity index (χ1n) is 4.58. The molecule has 0 atom stereocenters. The van der Waals surface area contributed by atoms with Crippen molar-refractivity contribution in [3.05, 3.63) is 53.0 Å². The quantitative estimate of drug-likeness (QED) is 0.859. The smallest absolute Gasteiger partial charge is 0.257 e. The van der Waals surface area contributed by atoms with Crippen molar-refractivity contribution in [3.8, 4) is 0 Å². The van der Waals surface area contributed by atoms with Crippen molar-refractivity contribution in [3.63, 3.8) is 0 Å². The molecule has 0 aliphatic carbocycles. The number of hydrogen-bond donors (Lipinski definition) is 1. The zero-order valence-electron chi connectivity index (χ0n) is 8.22. The van der Waals surface area contributed by atoms with Crippen LogP contribution in [0.3, 0.4) is 0 Å². The normalized spacial score (nSPS) is 9.81. The molecule has 1 amide bonds. The Labute approximate surface area is 101 Å². The molecular weight excluding hydrogens is 270 g/mol. The van der Waals surface area contributed by atoms with Gasteiger partial charge in [0.25, 0.3) is 5.91 Å². The Bertz CT molecular complexity index is 484. The lowest BCUT2D eigenvalue weighted by molar-refractivity contribution is 0.102. The summed E-state index contributed by atoms with van der Waals surface area (Å²) in [4.78, 5) is 19.6. The van der Waals surface area contributed by atoms with E-state index in [0.717, 1.165) is 4.60 Å². The molecule has 0 aliphatic heterocycles. The largest absolute Gasteiger partial charge is 0.321 e. The van der Waals surface area contributed by atoms with Crippen LogP contribution in [0.1, 0.15) is 10.4 Å². The fraction of sp³-hybridized carbons (Fsp3) is 0. The lowest BCUT2D eigenvalue weighted by Crippen LogP contribution is -2.12. The van der Waals surface area contributed by atoms with Crippen LogP contribution in [0.2, 0.25) is 0 Å². The fourth-order valence-electron chi connectivity index (χ4n) is 1.15. The number of hydrogen-bond acceptors (Lipinski definition) is 3. The molecule has 2 rings (SSSR count). The lowest BCUT2D eigenvalue weighted by Gasteiger charge is -2.03. The summed E-state index contributed by atoms with van der Waals surface area (Å²) in [7, 11) is 0. The number of amides is 1. The Balaban J connectivity index is 2.11. The Hall–Kier alpha value is -1.75. The third kappa shape index (κ3) is 2.64. The number of anilines is 1. The van der Waals surface area contributed by atoms with Crippen LogP contribution in [-0.4, -0.2) is 15.9 Å². The molecule has 2 heterocycles. The molecule has 0 aromatic carbocycles. The first-order chi connectivity index (χ1) is 7.75. The molecule has 0 spiro atoms. The molecule has 0 bridgehead atoms. The summed E-state index contributed by atoms with van der Waals surface area (Å²) >= 11 is 3.22. The van der Waals surface area contributed by atoms with Crippen molar-refractivity contribution in [1.29, 1.82) is 0 Å². The Morgan fingerprint density at radius 1 is 1.25 bits per heavy atom. The van der Waals surface area contributed by atoms with Gasteiger partial charge in [-0.1, -0.05) is 0 Å². The summed E-state index contributed by atoms with van der Waals surface area (Å²) in [5.74, 6) is -0.197. The molecule has 1 N–H and O–H groups in total. The van der Waals surface area contributed by atoms with Crippen molar-refractivity contribution in [2.45, 2.75) is 0 Å². The Morgan fingerprint density at radius 3 is 2.75 bits per heavy atom. The number of aromatic nitrogens is 2. The van der Waals surface area contributed by atoms with E-state index in [1.165, 1.54) is 6.20 Å². The Kier molecular flexibility index (Phi) is 3.26. The van der Waals surface area contributed by atoms with Crippen LogP contribution in [0.4, 0.5) is 5.69 Å². The second kappa shape index (κ2) is 4.85. The monoisotopic (exact) mass is 277 g/mol. The zero-order valence-corrected chi connectivity index (χ0v) is 9.81. The van der Waals surface area contributed by atoms with Crippen LogP contribution in [0.15, 0.2) is 47.5 Å². The predicted molar refractivity (Wildman–Crippen MR) is 64.1 cm³/mol. The molecule has 5 heteroatoms. The van der Waals surface area contributed by atoms with Crippen molar-refractivity contribution in [2.24, 2.45) is 0 Å². The van der Waals surface area contributed by atoms with Crippen LogP contribution in [0.25, 0.3) is 0 Å². The first kappa shape index (κ1) is 10.8. The van der Waals surface area contributed by atoms with Crippen molar-refractivity contribution < 1.29 is 4.79 Å². The van der Waals surface area contributed by atoms with E-state index < -0.39 is 0 Å². The number of carbonyl (C=O) groups is 1. The van der Waals surface area contributed by atoms with E-state index >= 15 is 0 Å². The number of nitrogens with one attached hydrogen (secondary N) is 1. The van der Waals surface area contributed by atoms with Gasteiger partial charge in [0.15, 0.2) is 0 Å². The van der Waals surface area contributed by atoms with E-state index in [-0.39, 0.29) is 5.91 Å². The van der Waals surface area contributed by atoms with E-state index in [9.17, 15) is 4.79 Å². The maximum atomic E-state index is 11.7. The van der Waals surface area contributed by atoms with Crippen LogP contribution in [0.5, 0.6) is 0 Å². The molecule has 0 saturated heterocycles. The second-order valence-corrected chi connectivity index (χ2v) is 3.88. The third-order valence-electron chi connectivity index (χ3n) is 1.91. The van der Waals surface area contributed by atoms with Gasteiger partial charge in [-0.2, -0.15) is 0 Å². The fourth-order valence-corrected chi connectivity index (χ4v) is 1.38. The molecule has 0 unspecified atom stereocenters. The van der Waals surface area contributed by atoms with Gasteiger partial charge in [0.05, 0.1) is 17.4 Å². The highest BCUT2D eigenvalue weighted by Crippen LogP contribution is 2.11. The van der Waals surface area contributed by atoms with Gasteiger partial charge in [0.1, 0.15) is 4.60 Å². The van der Waals surface area contributed by atoms with Gasteiger partial charge in [-0.15, -0.1) is 0 Å². The highest BCUT2D eigenvalue weighted by molar-refractivity contribution is 9.10. The molecular formula is C11H8BrN3O. The summed E-state index contributed by atoms with van der Waals surface area (Å²) in [6.07, 6.45) is 4.72. The minimum atomic E-state index is -0.197. The van der Waals surface area contributed by atoms with Gasteiger partial charge in [-0.3, -0.25) is 9.78 Å². The summed E-state index contributed by atoms with van der Waals surface area (Å²) in [6, 6.07) is 6.95. The van der Waals surface area contributed by atoms with Gasteiger partial charge in [-0.05, 0) is 40.2 Å². The highest BCUT2D eigenvalue weighted by Gasteiger charge is 2.05. The number of rotatable bonds is 2. The van der Waals surface area contributed by atoms with Crippen molar-refractivity contribution in [2.75, 3.05) is 5.32 Å². The molecule has 4 nitrogen and oxygen atoms in total. The molecule has 2 aromatic rings. The topological polar surface area (TPSA) is 54.9 Å². The van der Waals surface area contributed by atoms with E-state index in [4.69, 9.17) is 0 Å². The van der Waals surface area contributed by atoms with Gasteiger partial charge < -0.3 is 5.32 Å². The molecule has 80 valence electrons. The van der Waals surface area contributed by atoms with Crippen LogP contribution in [0, 0.1) is 0 Å². The average molecular weight is 278 g/mol. The average Bonchev–Trinajstić information content (AvgIpc) is 2.33.